The second kappa shape index (κ2) is 9.41. The standard InChI is InChI=1S/C16H29ClN2O/c1-4-7-8-9-10-11-13(20)12-15-16(17)14(5-2)18-19(15)6-3/h13,20H,4-12H2,1-3H3. The highest BCUT2D eigenvalue weighted by molar-refractivity contribution is 6.31. The zero-order valence-electron chi connectivity index (χ0n) is 13.2. The lowest BCUT2D eigenvalue weighted by Crippen LogP contribution is -2.14. The summed E-state index contributed by atoms with van der Waals surface area (Å²) in [6.45, 7) is 7.14. The van der Waals surface area contributed by atoms with E-state index in [4.69, 9.17) is 11.6 Å². The van der Waals surface area contributed by atoms with Crippen molar-refractivity contribution in [3.05, 3.63) is 16.4 Å². The van der Waals surface area contributed by atoms with Crippen LogP contribution in [0.15, 0.2) is 0 Å². The van der Waals surface area contributed by atoms with E-state index >= 15 is 0 Å². The molecule has 1 atom stereocenters. The minimum Gasteiger partial charge on any atom is -0.393 e. The fraction of sp³-hybridized carbons (Fsp3) is 0.812. The SMILES string of the molecule is CCCCCCCC(O)Cc1c(Cl)c(CC)nn1CC. The molecule has 1 N–H and O–H groups in total. The lowest BCUT2D eigenvalue weighted by Gasteiger charge is -2.12. The molecule has 1 aromatic heterocycles. The van der Waals surface area contributed by atoms with E-state index < -0.39 is 0 Å². The Bertz CT molecular complexity index is 390. The van der Waals surface area contributed by atoms with Crippen LogP contribution < -0.4 is 0 Å². The summed E-state index contributed by atoms with van der Waals surface area (Å²) in [5.41, 5.74) is 1.94. The summed E-state index contributed by atoms with van der Waals surface area (Å²) in [7, 11) is 0. The first-order valence-electron chi connectivity index (χ1n) is 8.06. The Labute approximate surface area is 128 Å². The molecule has 4 heteroatoms. The normalized spacial score (nSPS) is 12.8. The van der Waals surface area contributed by atoms with Gasteiger partial charge in [-0.3, -0.25) is 4.68 Å². The molecule has 0 aliphatic carbocycles. The zero-order valence-corrected chi connectivity index (χ0v) is 13.9. The molecule has 0 fully saturated rings. The van der Waals surface area contributed by atoms with Crippen LogP contribution in [0.1, 0.15) is 70.7 Å². The quantitative estimate of drug-likeness (QED) is 0.651. The monoisotopic (exact) mass is 300 g/mol. The third-order valence-corrected chi connectivity index (χ3v) is 4.20. The number of hydrogen-bond acceptors (Lipinski definition) is 2. The molecule has 0 aliphatic rings. The van der Waals surface area contributed by atoms with Gasteiger partial charge in [-0.2, -0.15) is 5.10 Å². The number of halogens is 1. The molecule has 0 saturated heterocycles. The number of aryl methyl sites for hydroxylation is 2. The van der Waals surface area contributed by atoms with Gasteiger partial charge in [0.05, 0.1) is 22.5 Å². The van der Waals surface area contributed by atoms with Gasteiger partial charge in [0, 0.05) is 13.0 Å². The lowest BCUT2D eigenvalue weighted by molar-refractivity contribution is 0.158. The maximum atomic E-state index is 10.2. The topological polar surface area (TPSA) is 38.1 Å². The molecule has 0 aliphatic heterocycles. The van der Waals surface area contributed by atoms with E-state index in [1.165, 1.54) is 25.7 Å². The van der Waals surface area contributed by atoms with Crippen LogP contribution in [0.5, 0.6) is 0 Å². The van der Waals surface area contributed by atoms with Gasteiger partial charge < -0.3 is 5.11 Å². The van der Waals surface area contributed by atoms with Gasteiger partial charge in [-0.05, 0) is 19.8 Å². The van der Waals surface area contributed by atoms with E-state index in [0.29, 0.717) is 6.42 Å². The van der Waals surface area contributed by atoms with Crippen molar-refractivity contribution in [2.24, 2.45) is 0 Å². The summed E-state index contributed by atoms with van der Waals surface area (Å²) in [6, 6.07) is 0. The van der Waals surface area contributed by atoms with E-state index in [1.807, 2.05) is 4.68 Å². The summed E-state index contributed by atoms with van der Waals surface area (Å²) >= 11 is 6.36. The molecule has 3 nitrogen and oxygen atoms in total. The second-order valence-corrected chi connectivity index (χ2v) is 5.82. The minimum absolute atomic E-state index is 0.305. The van der Waals surface area contributed by atoms with E-state index in [0.717, 1.165) is 42.2 Å². The lowest BCUT2D eigenvalue weighted by atomic mass is 10.0. The molecule has 0 saturated carbocycles. The maximum Gasteiger partial charge on any atom is 0.0850 e. The van der Waals surface area contributed by atoms with Crippen LogP contribution in [0.25, 0.3) is 0 Å². The first kappa shape index (κ1) is 17.5. The number of aromatic nitrogens is 2. The van der Waals surface area contributed by atoms with Crippen LogP contribution in [0.2, 0.25) is 5.02 Å². The largest absolute Gasteiger partial charge is 0.393 e. The third kappa shape index (κ3) is 5.10. The predicted octanol–water partition coefficient (Wildman–Crippen LogP) is 4.38. The van der Waals surface area contributed by atoms with Crippen molar-refractivity contribution in [3.63, 3.8) is 0 Å². The Hall–Kier alpha value is -0.540. The molecule has 1 rings (SSSR count). The summed E-state index contributed by atoms with van der Waals surface area (Å²) in [6.07, 6.45) is 8.15. The van der Waals surface area contributed by atoms with Crippen LogP contribution in [-0.2, 0) is 19.4 Å². The molecule has 116 valence electrons. The molecule has 1 heterocycles. The number of rotatable bonds is 10. The molecule has 1 unspecified atom stereocenters. The number of nitrogens with zero attached hydrogens (tertiary/aromatic N) is 2. The van der Waals surface area contributed by atoms with Crippen LogP contribution in [-0.4, -0.2) is 21.0 Å². The van der Waals surface area contributed by atoms with Crippen molar-refractivity contribution in [1.29, 1.82) is 0 Å². The van der Waals surface area contributed by atoms with Crippen molar-refractivity contribution >= 4 is 11.6 Å². The molecular weight excluding hydrogens is 272 g/mol. The smallest absolute Gasteiger partial charge is 0.0850 e. The maximum absolute atomic E-state index is 10.2. The zero-order chi connectivity index (χ0) is 15.0. The van der Waals surface area contributed by atoms with Crippen molar-refractivity contribution in [3.8, 4) is 0 Å². The average molecular weight is 301 g/mol. The highest BCUT2D eigenvalue weighted by Gasteiger charge is 2.17. The number of unbranched alkanes of at least 4 members (excludes halogenated alkanes) is 4. The fourth-order valence-corrected chi connectivity index (χ4v) is 2.87. The van der Waals surface area contributed by atoms with Gasteiger partial charge >= 0.3 is 0 Å². The predicted molar refractivity (Wildman–Crippen MR) is 85.4 cm³/mol. The van der Waals surface area contributed by atoms with Crippen molar-refractivity contribution in [2.75, 3.05) is 0 Å². The van der Waals surface area contributed by atoms with Gasteiger partial charge in [0.1, 0.15) is 0 Å². The molecular formula is C16H29ClN2O. The van der Waals surface area contributed by atoms with Gasteiger partial charge in [-0.1, -0.05) is 57.6 Å². The Morgan fingerprint density at radius 2 is 1.85 bits per heavy atom. The van der Waals surface area contributed by atoms with Gasteiger partial charge in [0.2, 0.25) is 0 Å². The molecule has 0 amide bonds. The fourth-order valence-electron chi connectivity index (χ4n) is 2.52. The summed E-state index contributed by atoms with van der Waals surface area (Å²) < 4.78 is 1.93. The first-order chi connectivity index (χ1) is 9.63. The van der Waals surface area contributed by atoms with Crippen LogP contribution in [0, 0.1) is 0 Å². The van der Waals surface area contributed by atoms with Crippen LogP contribution in [0.3, 0.4) is 0 Å². The van der Waals surface area contributed by atoms with Crippen molar-refractivity contribution in [1.82, 2.24) is 9.78 Å². The number of aliphatic hydroxyl groups is 1. The van der Waals surface area contributed by atoms with Crippen molar-refractivity contribution in [2.45, 2.75) is 84.8 Å². The molecule has 1 aromatic rings. The number of hydrogen-bond donors (Lipinski definition) is 1. The summed E-state index contributed by atoms with van der Waals surface area (Å²) in [5, 5.41) is 15.4. The van der Waals surface area contributed by atoms with Crippen molar-refractivity contribution < 1.29 is 5.11 Å². The Balaban J connectivity index is 2.48. The van der Waals surface area contributed by atoms with Gasteiger partial charge in [0.15, 0.2) is 0 Å². The van der Waals surface area contributed by atoms with E-state index in [1.54, 1.807) is 0 Å². The first-order valence-corrected chi connectivity index (χ1v) is 8.43. The van der Waals surface area contributed by atoms with Gasteiger partial charge in [-0.15, -0.1) is 0 Å². The molecule has 20 heavy (non-hydrogen) atoms. The third-order valence-electron chi connectivity index (χ3n) is 3.76. The second-order valence-electron chi connectivity index (χ2n) is 5.44. The van der Waals surface area contributed by atoms with Crippen LogP contribution >= 0.6 is 11.6 Å². The Kier molecular flexibility index (Phi) is 8.24. The van der Waals surface area contributed by atoms with E-state index in [-0.39, 0.29) is 6.10 Å². The number of aliphatic hydroxyl groups excluding tert-OH is 1. The van der Waals surface area contributed by atoms with E-state index in [9.17, 15) is 5.11 Å². The minimum atomic E-state index is -0.305. The molecule has 0 spiro atoms. The average Bonchev–Trinajstić information content (AvgIpc) is 2.75. The van der Waals surface area contributed by atoms with Gasteiger partial charge in [-0.25, -0.2) is 0 Å². The Morgan fingerprint density at radius 3 is 2.45 bits per heavy atom. The Morgan fingerprint density at radius 1 is 1.15 bits per heavy atom. The molecule has 0 bridgehead atoms. The summed E-state index contributed by atoms with van der Waals surface area (Å²) in [5.74, 6) is 0. The molecule has 0 radical (unpaired) electrons. The highest BCUT2D eigenvalue weighted by atomic mass is 35.5. The highest BCUT2D eigenvalue weighted by Crippen LogP contribution is 2.24. The van der Waals surface area contributed by atoms with Crippen LogP contribution in [0.4, 0.5) is 0 Å². The van der Waals surface area contributed by atoms with E-state index in [2.05, 4.69) is 25.9 Å². The molecule has 0 aromatic carbocycles. The summed E-state index contributed by atoms with van der Waals surface area (Å²) in [4.78, 5) is 0. The van der Waals surface area contributed by atoms with Gasteiger partial charge in [0.25, 0.3) is 0 Å².